The van der Waals surface area contributed by atoms with E-state index in [0.29, 0.717) is 17.5 Å². The lowest BCUT2D eigenvalue weighted by Gasteiger charge is -2.22. The van der Waals surface area contributed by atoms with E-state index in [1.54, 1.807) is 0 Å². The number of amides is 1. The lowest BCUT2D eigenvalue weighted by atomic mass is 9.95. The Balaban J connectivity index is 1.46. The fraction of sp³-hybridized carbons (Fsp3) is 0.600. The minimum Gasteiger partial charge on any atom is -0.494 e. The molecule has 1 N–H and O–H groups in total. The Bertz CT molecular complexity index is 1320. The second-order valence-electron chi connectivity index (χ2n) is 5.82. The van der Waals surface area contributed by atoms with Gasteiger partial charge in [0.1, 0.15) is 5.75 Å². The van der Waals surface area contributed by atoms with Crippen LogP contribution in [0, 0.1) is 0 Å². The first kappa shape index (κ1) is 7.89. The van der Waals surface area contributed by atoms with Gasteiger partial charge < -0.3 is 10.1 Å². The molecule has 0 saturated heterocycles. The number of tetrazole rings is 1. The zero-order valence-corrected chi connectivity index (χ0v) is 14.2. The predicted molar refractivity (Wildman–Crippen MR) is 102 cm³/mol. The molecule has 144 valence electrons. The highest BCUT2D eigenvalue weighted by atomic mass is 16.5. The maximum absolute atomic E-state index is 11.9. The van der Waals surface area contributed by atoms with E-state index in [1.807, 2.05) is 0 Å². The number of ether oxygens (including phenoxy) is 1. The highest BCUT2D eigenvalue weighted by Crippen LogP contribution is 2.28. The van der Waals surface area contributed by atoms with E-state index in [2.05, 4.69) is 20.8 Å². The van der Waals surface area contributed by atoms with Gasteiger partial charge >= 0.3 is 0 Å². The summed E-state index contributed by atoms with van der Waals surface area (Å²) < 4.78 is 120. The Morgan fingerprint density at radius 3 is 3.00 bits per heavy atom. The number of unbranched alkanes of at least 4 members (excludes halogenated alkanes) is 1. The van der Waals surface area contributed by atoms with Crippen molar-refractivity contribution >= 4 is 11.6 Å². The Labute approximate surface area is 179 Å². The van der Waals surface area contributed by atoms with Crippen molar-refractivity contribution in [3.63, 3.8) is 0 Å². The zero-order valence-electron chi connectivity index (χ0n) is 28.2. The number of fused-ring (bicyclic) bond motifs is 1. The summed E-state index contributed by atoms with van der Waals surface area (Å²) in [6.07, 6.45) is -21.7. The van der Waals surface area contributed by atoms with Gasteiger partial charge in [-0.3, -0.25) is 4.79 Å². The number of nitrogens with one attached hydrogen (secondary N) is 1. The van der Waals surface area contributed by atoms with E-state index < -0.39 is 56.6 Å². The van der Waals surface area contributed by atoms with Crippen LogP contribution in [0.5, 0.6) is 5.75 Å². The van der Waals surface area contributed by atoms with Crippen LogP contribution in [-0.4, -0.2) is 32.7 Å². The maximum Gasteiger partial charge on any atom is 0.224 e. The van der Waals surface area contributed by atoms with Gasteiger partial charge in [0.2, 0.25) is 5.91 Å². The Morgan fingerprint density at radius 1 is 1.22 bits per heavy atom. The summed E-state index contributed by atoms with van der Waals surface area (Å²) in [4.78, 5) is 11.9. The molecular weight excluding hydrogens is 342 g/mol. The molecule has 0 unspecified atom stereocenters. The lowest BCUT2D eigenvalue weighted by Crippen LogP contribution is -2.18. The third kappa shape index (κ3) is 4.46. The molecule has 4 rings (SSSR count). The lowest BCUT2D eigenvalue weighted by molar-refractivity contribution is -0.116. The molecule has 2 aromatic rings. The second-order valence-corrected chi connectivity index (χ2v) is 5.82. The Morgan fingerprint density at radius 2 is 2.11 bits per heavy atom. The molecule has 1 amide bonds. The van der Waals surface area contributed by atoms with Crippen molar-refractivity contribution in [1.82, 2.24) is 20.2 Å². The molecule has 0 atom stereocenters. The summed E-state index contributed by atoms with van der Waals surface area (Å²) in [5.41, 5.74) is 0.0393. The molecule has 27 heavy (non-hydrogen) atoms. The summed E-state index contributed by atoms with van der Waals surface area (Å²) in [6, 6.07) is 1.93. The summed E-state index contributed by atoms with van der Waals surface area (Å²) in [6.45, 7) is 0.0823. The van der Waals surface area contributed by atoms with Crippen LogP contribution in [-0.2, 0) is 17.6 Å². The Hall–Kier alpha value is -2.44. The van der Waals surface area contributed by atoms with Crippen molar-refractivity contribution in [2.75, 3.05) is 11.9 Å². The van der Waals surface area contributed by atoms with Crippen LogP contribution < -0.4 is 10.1 Å². The van der Waals surface area contributed by atoms with Crippen LogP contribution in [0.15, 0.2) is 18.2 Å². The molecule has 1 aromatic carbocycles. The first-order valence-electron chi connectivity index (χ1n) is 15.4. The standard InChI is InChI=1S/C20H27N5O2/c26-20-12-9-15-14-17(10-11-18(15)21-20)27-13-5-4-8-19-22-23-24-25(19)16-6-2-1-3-7-16/h10-11,14,16H,1-9,12-13H2,(H,21,26)/i1D2,2D2,3D2,6D2,7D2,9D2,12D2. The van der Waals surface area contributed by atoms with Gasteiger partial charge in [-0.15, -0.1) is 5.10 Å². The molecule has 1 fully saturated rings. The van der Waals surface area contributed by atoms with Crippen LogP contribution in [0.2, 0.25) is 0 Å². The van der Waals surface area contributed by atoms with E-state index in [1.165, 1.54) is 18.2 Å². The van der Waals surface area contributed by atoms with Crippen molar-refractivity contribution in [2.24, 2.45) is 0 Å². The van der Waals surface area contributed by atoms with Crippen molar-refractivity contribution in [1.29, 1.82) is 0 Å². The highest BCUT2D eigenvalue weighted by Gasteiger charge is 2.19. The number of nitrogens with zero attached hydrogens (tertiary/aromatic N) is 4. The number of anilines is 1. The molecule has 0 spiro atoms. The summed E-state index contributed by atoms with van der Waals surface area (Å²) in [5, 5.41) is 13.2. The van der Waals surface area contributed by atoms with E-state index in [9.17, 15) is 4.79 Å². The van der Waals surface area contributed by atoms with Gasteiger partial charge in [0.25, 0.3) is 0 Å². The fourth-order valence-electron chi connectivity index (χ4n) is 2.65. The number of carbonyl (C=O) groups is 1. The van der Waals surface area contributed by atoms with Crippen molar-refractivity contribution < 1.29 is 28.7 Å². The smallest absolute Gasteiger partial charge is 0.224 e. The third-order valence-corrected chi connectivity index (χ3v) is 3.96. The molecule has 0 radical (unpaired) electrons. The third-order valence-electron chi connectivity index (χ3n) is 3.96. The average Bonchev–Trinajstić information content (AvgIpc) is 3.29. The number of hydrogen-bond donors (Lipinski definition) is 1. The number of rotatable bonds is 7. The molecule has 2 aliphatic rings. The van der Waals surface area contributed by atoms with Crippen molar-refractivity contribution in [3.8, 4) is 5.75 Å². The van der Waals surface area contributed by atoms with Crippen molar-refractivity contribution in [3.05, 3.63) is 29.6 Å². The predicted octanol–water partition coefficient (Wildman–Crippen LogP) is 3.46. The average molecular weight is 384 g/mol. The zero-order chi connectivity index (χ0) is 31.0. The van der Waals surface area contributed by atoms with Gasteiger partial charge in [-0.2, -0.15) is 0 Å². The van der Waals surface area contributed by atoms with E-state index in [0.717, 1.165) is 0 Å². The molecule has 1 aliphatic carbocycles. The molecule has 1 aliphatic heterocycles. The van der Waals surface area contributed by atoms with Gasteiger partial charge in [-0.25, -0.2) is 4.68 Å². The van der Waals surface area contributed by atoms with Gasteiger partial charge in [-0.05, 0) is 66.1 Å². The minimum atomic E-state index is -3.53. The molecule has 1 aromatic heterocycles. The number of carbonyl (C=O) groups excluding carboxylic acids is 1. The molecule has 7 nitrogen and oxygen atoms in total. The monoisotopic (exact) mass is 383 g/mol. The van der Waals surface area contributed by atoms with Crippen LogP contribution >= 0.6 is 0 Å². The molecule has 7 heteroatoms. The summed E-state index contributed by atoms with van der Waals surface area (Å²) in [5.74, 6) is -0.949. The van der Waals surface area contributed by atoms with Gasteiger partial charge in [0.05, 0.1) is 12.6 Å². The minimum absolute atomic E-state index is 0.0247. The van der Waals surface area contributed by atoms with Crippen LogP contribution in [0.1, 0.15) is 87.7 Å². The summed E-state index contributed by atoms with van der Waals surface area (Å²) in [7, 11) is 0. The van der Waals surface area contributed by atoms with Crippen LogP contribution in [0.3, 0.4) is 0 Å². The SMILES string of the molecule is [2H]C1([2H])C(=O)Nc2ccc(OCCCCc3nnnn3C3C([2H])([2H])C([2H])([2H])C([2H])([2H])C([2H])([2H])C3([2H])[2H])cc2C1([2H])[2H]. The first-order valence-corrected chi connectivity index (χ1v) is 8.42. The first-order chi connectivity index (χ1) is 18.6. The molecule has 1 saturated carbocycles. The quantitative estimate of drug-likeness (QED) is 0.740. The Kier molecular flexibility index (Phi) is 2.48. The van der Waals surface area contributed by atoms with Crippen LogP contribution in [0.25, 0.3) is 0 Å². The second kappa shape index (κ2) is 8.50. The van der Waals surface area contributed by atoms with Gasteiger partial charge in [-0.1, -0.05) is 19.1 Å². The highest BCUT2D eigenvalue weighted by molar-refractivity contribution is 5.93. The van der Waals surface area contributed by atoms with Gasteiger partial charge in [0.15, 0.2) is 5.82 Å². The number of aromatic nitrogens is 4. The van der Waals surface area contributed by atoms with E-state index in [-0.39, 0.29) is 35.9 Å². The molecular formula is C20H27N5O2. The summed E-state index contributed by atoms with van der Waals surface area (Å²) >= 11 is 0. The molecule has 2 heterocycles. The van der Waals surface area contributed by atoms with Crippen LogP contribution in [0.4, 0.5) is 5.69 Å². The topological polar surface area (TPSA) is 81.9 Å². The maximum atomic E-state index is 11.9. The number of hydrogen-bond acceptors (Lipinski definition) is 5. The fourth-order valence-corrected chi connectivity index (χ4v) is 2.65. The number of benzene rings is 1. The van der Waals surface area contributed by atoms with E-state index >= 15 is 0 Å². The largest absolute Gasteiger partial charge is 0.494 e. The van der Waals surface area contributed by atoms with E-state index in [4.69, 9.17) is 23.9 Å². The normalized spacial score (nSPS) is 38.1. The number of aryl methyl sites for hydroxylation is 2. The van der Waals surface area contributed by atoms with Gasteiger partial charge in [0, 0.05) is 37.7 Å². The van der Waals surface area contributed by atoms with Crippen molar-refractivity contribution in [2.45, 2.75) is 69.9 Å². The molecule has 0 bridgehead atoms.